The van der Waals surface area contributed by atoms with Gasteiger partial charge in [-0.1, -0.05) is 24.3 Å². The number of likely N-dealkylation sites (tertiary alicyclic amines) is 1. The molecular weight excluding hydrogens is 497 g/mol. The number of piperidine rings is 1. The second kappa shape index (κ2) is 11.8. The summed E-state index contributed by atoms with van der Waals surface area (Å²) < 4.78 is 43.5. The van der Waals surface area contributed by atoms with Gasteiger partial charge in [-0.25, -0.2) is 0 Å². The first-order valence-corrected chi connectivity index (χ1v) is 12.8. The molecule has 2 aromatic rings. The number of benzene rings is 2. The number of halogens is 3. The van der Waals surface area contributed by atoms with Gasteiger partial charge in [0.05, 0.1) is 18.6 Å². The third kappa shape index (κ3) is 6.82. The van der Waals surface area contributed by atoms with E-state index in [-0.39, 0.29) is 35.5 Å². The van der Waals surface area contributed by atoms with Gasteiger partial charge in [0.1, 0.15) is 0 Å². The van der Waals surface area contributed by atoms with Crippen LogP contribution in [0.5, 0.6) is 0 Å². The Hall–Kier alpha value is -3.62. The molecule has 1 N–H and O–H groups in total. The molecule has 9 heteroatoms. The minimum Gasteiger partial charge on any atom is -0.469 e. The first-order valence-electron chi connectivity index (χ1n) is 12.8. The Kier molecular flexibility index (Phi) is 8.54. The molecule has 4 rings (SSSR count). The highest BCUT2D eigenvalue weighted by atomic mass is 19.4. The maximum Gasteiger partial charge on any atom is 0.416 e. The van der Waals surface area contributed by atoms with Gasteiger partial charge in [-0.3, -0.25) is 14.4 Å². The summed E-state index contributed by atoms with van der Waals surface area (Å²) in [6, 6.07) is 12.6. The highest BCUT2D eigenvalue weighted by molar-refractivity contribution is 5.93. The first kappa shape index (κ1) is 27.4. The Bertz CT molecular complexity index is 1190. The topological polar surface area (TPSA) is 75.7 Å². The third-order valence-electron chi connectivity index (χ3n) is 7.43. The van der Waals surface area contributed by atoms with Crippen molar-refractivity contribution in [2.75, 3.05) is 25.5 Å². The van der Waals surface area contributed by atoms with Crippen molar-refractivity contribution >= 4 is 29.5 Å². The van der Waals surface area contributed by atoms with Crippen LogP contribution in [-0.2, 0) is 25.3 Å². The van der Waals surface area contributed by atoms with Crippen LogP contribution in [-0.4, -0.2) is 42.9 Å². The van der Waals surface area contributed by atoms with Gasteiger partial charge in [0.15, 0.2) is 0 Å². The summed E-state index contributed by atoms with van der Waals surface area (Å²) in [5, 5.41) is 2.94. The molecule has 2 aromatic carbocycles. The molecule has 1 aliphatic carbocycles. The predicted octanol–water partition coefficient (Wildman–Crippen LogP) is 5.65. The summed E-state index contributed by atoms with van der Waals surface area (Å²) in [7, 11) is 1.36. The molecule has 202 valence electrons. The molecular formula is C29H31F3N2O4. The number of amides is 2. The van der Waals surface area contributed by atoms with E-state index < -0.39 is 11.7 Å². The van der Waals surface area contributed by atoms with Gasteiger partial charge in [0.25, 0.3) is 0 Å². The second-order valence-corrected chi connectivity index (χ2v) is 9.90. The van der Waals surface area contributed by atoms with Crippen molar-refractivity contribution in [3.8, 4) is 0 Å². The second-order valence-electron chi connectivity index (χ2n) is 9.90. The average molecular weight is 529 g/mol. The van der Waals surface area contributed by atoms with Crippen LogP contribution in [0, 0.1) is 11.8 Å². The molecule has 0 aromatic heterocycles. The van der Waals surface area contributed by atoms with E-state index in [1.54, 1.807) is 4.90 Å². The van der Waals surface area contributed by atoms with Crippen LogP contribution in [0.4, 0.5) is 18.9 Å². The van der Waals surface area contributed by atoms with Gasteiger partial charge >= 0.3 is 12.1 Å². The number of carbonyl (C=O) groups is 3. The van der Waals surface area contributed by atoms with Crippen LogP contribution < -0.4 is 5.32 Å². The van der Waals surface area contributed by atoms with E-state index in [1.807, 2.05) is 24.3 Å². The molecule has 1 heterocycles. The number of ether oxygens (including phenoxy) is 1. The van der Waals surface area contributed by atoms with Crippen molar-refractivity contribution < 1.29 is 32.3 Å². The molecule has 1 aliphatic heterocycles. The van der Waals surface area contributed by atoms with E-state index in [0.29, 0.717) is 43.6 Å². The number of hydrogen-bond acceptors (Lipinski definition) is 4. The minimum absolute atomic E-state index is 0.0887. The van der Waals surface area contributed by atoms with Crippen molar-refractivity contribution in [3.63, 3.8) is 0 Å². The Morgan fingerprint density at radius 3 is 2.32 bits per heavy atom. The van der Waals surface area contributed by atoms with Crippen molar-refractivity contribution in [1.29, 1.82) is 0 Å². The lowest BCUT2D eigenvalue weighted by Gasteiger charge is -2.31. The molecule has 2 aliphatic rings. The summed E-state index contributed by atoms with van der Waals surface area (Å²) in [4.78, 5) is 38.6. The smallest absolute Gasteiger partial charge is 0.416 e. The summed E-state index contributed by atoms with van der Waals surface area (Å²) in [5.74, 6) is -0.722. The van der Waals surface area contributed by atoms with E-state index in [2.05, 4.69) is 5.32 Å². The number of methoxy groups -OCH3 is 1. The molecule has 2 unspecified atom stereocenters. The maximum absolute atomic E-state index is 12.9. The Morgan fingerprint density at radius 2 is 1.66 bits per heavy atom. The van der Waals surface area contributed by atoms with E-state index in [4.69, 9.17) is 4.74 Å². The monoisotopic (exact) mass is 528 g/mol. The zero-order valence-corrected chi connectivity index (χ0v) is 21.2. The SMILES string of the molecule is COC(=O)C1CCC(C(=O)Nc2ccc(C3CCN(C(=O)/C=C/c4cccc(C(F)(F)F)c4)CC3)cc2)C1. The normalized spacial score (nSPS) is 20.5. The third-order valence-corrected chi connectivity index (χ3v) is 7.43. The predicted molar refractivity (Wildman–Crippen MR) is 137 cm³/mol. The van der Waals surface area contributed by atoms with Crippen LogP contribution >= 0.6 is 0 Å². The zero-order chi connectivity index (χ0) is 27.3. The fraction of sp³-hybridized carbons (Fsp3) is 0.414. The zero-order valence-electron chi connectivity index (χ0n) is 21.2. The number of nitrogens with zero attached hydrogens (tertiary/aromatic N) is 1. The van der Waals surface area contributed by atoms with Crippen molar-refractivity contribution in [1.82, 2.24) is 4.90 Å². The van der Waals surface area contributed by atoms with Crippen molar-refractivity contribution in [2.24, 2.45) is 11.8 Å². The lowest BCUT2D eigenvalue weighted by Crippen LogP contribution is -2.36. The lowest BCUT2D eigenvalue weighted by molar-refractivity contribution is -0.145. The van der Waals surface area contributed by atoms with Gasteiger partial charge in [-0.15, -0.1) is 0 Å². The number of alkyl halides is 3. The quantitative estimate of drug-likeness (QED) is 0.388. The molecule has 1 saturated heterocycles. The summed E-state index contributed by atoms with van der Waals surface area (Å²) in [6.07, 6.45) is 1.68. The molecule has 0 radical (unpaired) electrons. The molecule has 2 fully saturated rings. The molecule has 0 spiro atoms. The maximum atomic E-state index is 12.9. The lowest BCUT2D eigenvalue weighted by atomic mass is 9.89. The van der Waals surface area contributed by atoms with Crippen LogP contribution in [0.3, 0.4) is 0 Å². The molecule has 0 bridgehead atoms. The fourth-order valence-corrected chi connectivity index (χ4v) is 5.21. The van der Waals surface area contributed by atoms with Crippen molar-refractivity contribution in [3.05, 3.63) is 71.3 Å². The summed E-state index contributed by atoms with van der Waals surface area (Å²) >= 11 is 0. The number of rotatable bonds is 6. The number of carbonyl (C=O) groups excluding carboxylic acids is 3. The van der Waals surface area contributed by atoms with E-state index in [9.17, 15) is 27.6 Å². The van der Waals surface area contributed by atoms with Crippen molar-refractivity contribution in [2.45, 2.75) is 44.2 Å². The number of anilines is 1. The van der Waals surface area contributed by atoms with Crippen LogP contribution in [0.1, 0.15) is 54.7 Å². The van der Waals surface area contributed by atoms with Crippen LogP contribution in [0.15, 0.2) is 54.6 Å². The molecule has 2 amide bonds. The largest absolute Gasteiger partial charge is 0.469 e. The van der Waals surface area contributed by atoms with Gasteiger partial charge < -0.3 is 15.0 Å². The van der Waals surface area contributed by atoms with E-state index in [0.717, 1.165) is 30.5 Å². The average Bonchev–Trinajstić information content (AvgIpc) is 3.42. The fourth-order valence-electron chi connectivity index (χ4n) is 5.21. The van der Waals surface area contributed by atoms with Crippen LogP contribution in [0.25, 0.3) is 6.08 Å². The summed E-state index contributed by atoms with van der Waals surface area (Å²) in [5.41, 5.74) is 1.41. The number of nitrogens with one attached hydrogen (secondary N) is 1. The number of esters is 1. The minimum atomic E-state index is -4.43. The van der Waals surface area contributed by atoms with Gasteiger partial charge in [0, 0.05) is 30.8 Å². The highest BCUT2D eigenvalue weighted by Crippen LogP contribution is 2.33. The van der Waals surface area contributed by atoms with Crippen LogP contribution in [0.2, 0.25) is 0 Å². The Labute approximate surface area is 219 Å². The molecule has 6 nitrogen and oxygen atoms in total. The first-order chi connectivity index (χ1) is 18.1. The Morgan fingerprint density at radius 1 is 0.974 bits per heavy atom. The Balaban J connectivity index is 1.25. The number of hydrogen-bond donors (Lipinski definition) is 1. The van der Waals surface area contributed by atoms with Gasteiger partial charge in [-0.05, 0) is 79.5 Å². The van der Waals surface area contributed by atoms with E-state index in [1.165, 1.54) is 31.4 Å². The molecule has 1 saturated carbocycles. The van der Waals surface area contributed by atoms with Gasteiger partial charge in [-0.2, -0.15) is 13.2 Å². The molecule has 38 heavy (non-hydrogen) atoms. The van der Waals surface area contributed by atoms with E-state index >= 15 is 0 Å². The molecule has 2 atom stereocenters. The van der Waals surface area contributed by atoms with Gasteiger partial charge in [0.2, 0.25) is 11.8 Å². The highest BCUT2D eigenvalue weighted by Gasteiger charge is 2.34. The standard InChI is InChI=1S/C29H31F3N2O4/c1-38-28(37)23-7-6-22(18-23)27(36)33-25-10-8-20(9-11-25)21-13-15-34(16-14-21)26(35)12-5-19-3-2-4-24(17-19)29(30,31)32/h2-5,8-12,17,21-23H,6-7,13-16,18H2,1H3,(H,33,36)/b12-5+. The summed E-state index contributed by atoms with van der Waals surface area (Å²) in [6.45, 7) is 1.11.